The second-order valence-corrected chi connectivity index (χ2v) is 8.96. The molecular formula is C17H16Br2O5S. The minimum atomic E-state index is -4.36. The number of hydrogen-bond donors (Lipinski definition) is 1. The van der Waals surface area contributed by atoms with Crippen LogP contribution in [0.4, 0.5) is 0 Å². The van der Waals surface area contributed by atoms with Crippen LogP contribution in [0.5, 0.6) is 5.75 Å². The van der Waals surface area contributed by atoms with E-state index in [0.29, 0.717) is 21.2 Å². The van der Waals surface area contributed by atoms with Crippen LogP contribution in [0, 0.1) is 6.92 Å². The van der Waals surface area contributed by atoms with E-state index in [4.69, 9.17) is 4.74 Å². The van der Waals surface area contributed by atoms with Crippen molar-refractivity contribution in [2.24, 2.45) is 0 Å². The topological polar surface area (TPSA) is 80.7 Å². The lowest BCUT2D eigenvalue weighted by molar-refractivity contribution is 0.0732. The zero-order chi connectivity index (χ0) is 18.9. The van der Waals surface area contributed by atoms with Crippen LogP contribution in [0.25, 0.3) is 0 Å². The molecule has 134 valence electrons. The fourth-order valence-corrected chi connectivity index (χ4v) is 3.96. The molecule has 1 N–H and O–H groups in total. The van der Waals surface area contributed by atoms with Crippen molar-refractivity contribution >= 4 is 47.9 Å². The minimum Gasteiger partial charge on any atom is -0.423 e. The van der Waals surface area contributed by atoms with Gasteiger partial charge in [-0.1, -0.05) is 29.8 Å². The predicted molar refractivity (Wildman–Crippen MR) is 102 cm³/mol. The van der Waals surface area contributed by atoms with E-state index in [0.717, 1.165) is 4.47 Å². The first kappa shape index (κ1) is 20.1. The van der Waals surface area contributed by atoms with Gasteiger partial charge in [-0.25, -0.2) is 4.79 Å². The Balaban J connectivity index is 2.48. The molecule has 0 unspecified atom stereocenters. The Morgan fingerprint density at radius 1 is 1.16 bits per heavy atom. The molecule has 0 heterocycles. The predicted octanol–water partition coefficient (Wildman–Crippen LogP) is 5.11. The Kier molecular flexibility index (Phi) is 6.09. The van der Waals surface area contributed by atoms with Crippen molar-refractivity contribution in [3.8, 4) is 5.75 Å². The monoisotopic (exact) mass is 490 g/mol. The maximum absolute atomic E-state index is 12.5. The van der Waals surface area contributed by atoms with Crippen molar-refractivity contribution in [3.63, 3.8) is 0 Å². The first-order chi connectivity index (χ1) is 11.5. The molecule has 0 aliphatic heterocycles. The average Bonchev–Trinajstić information content (AvgIpc) is 2.49. The summed E-state index contributed by atoms with van der Waals surface area (Å²) in [6, 6.07) is 7.91. The third-order valence-corrected chi connectivity index (χ3v) is 5.65. The minimum absolute atomic E-state index is 0.177. The third kappa shape index (κ3) is 4.69. The Morgan fingerprint density at radius 2 is 1.80 bits per heavy atom. The van der Waals surface area contributed by atoms with Crippen molar-refractivity contribution < 1.29 is 22.5 Å². The van der Waals surface area contributed by atoms with E-state index < -0.39 is 16.1 Å². The summed E-state index contributed by atoms with van der Waals surface area (Å²) in [6.45, 7) is 5.18. The number of esters is 1. The van der Waals surface area contributed by atoms with Gasteiger partial charge < -0.3 is 4.74 Å². The Labute approximate surface area is 163 Å². The maximum atomic E-state index is 12.5. The highest BCUT2D eigenvalue weighted by atomic mass is 79.9. The van der Waals surface area contributed by atoms with Crippen molar-refractivity contribution in [2.45, 2.75) is 31.6 Å². The molecular weight excluding hydrogens is 476 g/mol. The van der Waals surface area contributed by atoms with E-state index in [1.54, 1.807) is 39.0 Å². The van der Waals surface area contributed by atoms with E-state index >= 15 is 0 Å². The maximum Gasteiger partial charge on any atom is 0.344 e. The van der Waals surface area contributed by atoms with Gasteiger partial charge in [0.2, 0.25) is 0 Å². The van der Waals surface area contributed by atoms with E-state index in [1.165, 1.54) is 12.1 Å². The Morgan fingerprint density at radius 3 is 2.36 bits per heavy atom. The van der Waals surface area contributed by atoms with Crippen molar-refractivity contribution in [1.82, 2.24) is 0 Å². The average molecular weight is 492 g/mol. The van der Waals surface area contributed by atoms with Gasteiger partial charge in [0.25, 0.3) is 10.1 Å². The van der Waals surface area contributed by atoms with Crippen LogP contribution in [-0.4, -0.2) is 18.9 Å². The van der Waals surface area contributed by atoms with Gasteiger partial charge >= 0.3 is 5.97 Å². The van der Waals surface area contributed by atoms with Gasteiger partial charge in [-0.15, -0.1) is 0 Å². The number of carbonyl (C=O) groups excluding carboxylic acids is 1. The second kappa shape index (κ2) is 7.57. The van der Waals surface area contributed by atoms with Crippen molar-refractivity contribution in [3.05, 3.63) is 56.0 Å². The molecule has 5 nitrogen and oxygen atoms in total. The highest BCUT2D eigenvalue weighted by Crippen LogP contribution is 2.32. The van der Waals surface area contributed by atoms with Crippen LogP contribution in [0.3, 0.4) is 0 Å². The number of rotatable bonds is 4. The summed E-state index contributed by atoms with van der Waals surface area (Å²) in [4.78, 5) is 12.3. The number of carbonyl (C=O) groups is 1. The quantitative estimate of drug-likeness (QED) is 0.365. The standard InChI is InChI=1S/C17H16Br2O5S/c1-9(2)12-8-15(10(3)6-16(12)25(21,22)23)24-17(20)13-7-11(18)4-5-14(13)19/h4-9H,1-3H3,(H,21,22,23). The normalized spacial score (nSPS) is 11.6. The number of aryl methyl sites for hydroxylation is 1. The summed E-state index contributed by atoms with van der Waals surface area (Å²) < 4.78 is 39.3. The van der Waals surface area contributed by atoms with Gasteiger partial charge in [0.1, 0.15) is 5.75 Å². The molecule has 0 radical (unpaired) electrons. The van der Waals surface area contributed by atoms with Gasteiger partial charge in [-0.3, -0.25) is 4.55 Å². The van der Waals surface area contributed by atoms with Crippen molar-refractivity contribution in [2.75, 3.05) is 0 Å². The summed E-state index contributed by atoms with van der Waals surface area (Å²) in [5.74, 6) is -0.522. The largest absolute Gasteiger partial charge is 0.423 e. The van der Waals surface area contributed by atoms with E-state index in [1.807, 2.05) is 0 Å². The fourth-order valence-electron chi connectivity index (χ4n) is 2.27. The van der Waals surface area contributed by atoms with Gasteiger partial charge in [-0.2, -0.15) is 8.42 Å². The summed E-state index contributed by atoms with van der Waals surface area (Å²) in [5.41, 5.74) is 1.14. The van der Waals surface area contributed by atoms with Crippen LogP contribution < -0.4 is 4.74 Å². The second-order valence-electron chi connectivity index (χ2n) is 5.80. The van der Waals surface area contributed by atoms with Crippen LogP contribution in [0.15, 0.2) is 44.2 Å². The zero-order valence-electron chi connectivity index (χ0n) is 13.7. The fraction of sp³-hybridized carbons (Fsp3) is 0.235. The molecule has 0 fully saturated rings. The molecule has 0 aliphatic rings. The summed E-state index contributed by atoms with van der Waals surface area (Å²) >= 11 is 6.61. The molecule has 0 atom stereocenters. The molecule has 2 aromatic carbocycles. The van der Waals surface area contributed by atoms with Gasteiger partial charge in [0.15, 0.2) is 0 Å². The van der Waals surface area contributed by atoms with Crippen LogP contribution in [0.1, 0.15) is 41.3 Å². The lowest BCUT2D eigenvalue weighted by atomic mass is 10.0. The van der Waals surface area contributed by atoms with Gasteiger partial charge in [0, 0.05) is 8.95 Å². The van der Waals surface area contributed by atoms with E-state index in [-0.39, 0.29) is 16.6 Å². The number of benzene rings is 2. The third-order valence-electron chi connectivity index (χ3n) is 3.56. The smallest absolute Gasteiger partial charge is 0.344 e. The summed E-state index contributed by atoms with van der Waals surface area (Å²) in [5, 5.41) is 0. The molecule has 2 rings (SSSR count). The molecule has 0 saturated carbocycles. The molecule has 0 aliphatic carbocycles. The van der Waals surface area contributed by atoms with Gasteiger partial charge in [0.05, 0.1) is 10.5 Å². The molecule has 25 heavy (non-hydrogen) atoms. The number of halogens is 2. The molecule has 0 spiro atoms. The summed E-state index contributed by atoms with van der Waals surface area (Å²) in [7, 11) is -4.36. The highest BCUT2D eigenvalue weighted by molar-refractivity contribution is 9.11. The number of ether oxygens (including phenoxy) is 1. The molecule has 0 saturated heterocycles. The molecule has 0 amide bonds. The summed E-state index contributed by atoms with van der Waals surface area (Å²) in [6.07, 6.45) is 0. The molecule has 0 bridgehead atoms. The number of hydrogen-bond acceptors (Lipinski definition) is 4. The molecule has 0 aromatic heterocycles. The van der Waals surface area contributed by atoms with Crippen LogP contribution in [-0.2, 0) is 10.1 Å². The van der Waals surface area contributed by atoms with E-state index in [9.17, 15) is 17.8 Å². The van der Waals surface area contributed by atoms with Crippen molar-refractivity contribution in [1.29, 1.82) is 0 Å². The first-order valence-corrected chi connectivity index (χ1v) is 10.3. The lowest BCUT2D eigenvalue weighted by Gasteiger charge is -2.15. The Hall–Kier alpha value is -1.22. The van der Waals surface area contributed by atoms with E-state index in [2.05, 4.69) is 31.9 Å². The lowest BCUT2D eigenvalue weighted by Crippen LogP contribution is -2.12. The molecule has 2 aromatic rings. The van der Waals surface area contributed by atoms with Gasteiger partial charge in [-0.05, 0) is 70.2 Å². The zero-order valence-corrected chi connectivity index (χ0v) is 17.7. The van der Waals surface area contributed by atoms with Crippen LogP contribution in [0.2, 0.25) is 0 Å². The Bertz CT molecular complexity index is 936. The first-order valence-electron chi connectivity index (χ1n) is 7.30. The molecule has 8 heteroatoms. The SMILES string of the molecule is Cc1cc(S(=O)(=O)O)c(C(C)C)cc1OC(=O)c1cc(Br)ccc1Br. The van der Waals surface area contributed by atoms with Crippen LogP contribution >= 0.6 is 31.9 Å². The highest BCUT2D eigenvalue weighted by Gasteiger charge is 2.22.